The van der Waals surface area contributed by atoms with Gasteiger partial charge in [-0.05, 0) is 30.7 Å². The zero-order valence-electron chi connectivity index (χ0n) is 20.2. The Morgan fingerprint density at radius 1 is 1.08 bits per heavy atom. The first-order valence-electron chi connectivity index (χ1n) is 11.0. The number of alkyl halides is 6. The molecule has 0 aliphatic carbocycles. The lowest BCUT2D eigenvalue weighted by atomic mass is 10.1. The average molecular weight is 541 g/mol. The van der Waals surface area contributed by atoms with E-state index in [1.807, 2.05) is 0 Å². The minimum Gasteiger partial charge on any atom is -0.481 e. The van der Waals surface area contributed by atoms with Gasteiger partial charge in [-0.2, -0.15) is 26.3 Å². The molecule has 0 aliphatic heterocycles. The summed E-state index contributed by atoms with van der Waals surface area (Å²) in [6.45, 7) is 0.741. The van der Waals surface area contributed by atoms with Gasteiger partial charge in [0.15, 0.2) is 5.65 Å². The standard InChI is InChI=1S/C23H23F6N8O/c1-31-18(32-7-3-9-38-2)10-14(23(27,28)29)19(30)16-12-35-20-15(6-8-33-21(20)37-16)36-17-5-4-13(11-34-17)22(24,25)26/h4-6,8,10-12,32H,3,7,9,30H2,1-2H3,(H,33,34,36,37)/q-1/b18-10+,19-14+. The van der Waals surface area contributed by atoms with Crippen LogP contribution >= 0.6 is 0 Å². The second-order valence-corrected chi connectivity index (χ2v) is 7.69. The Morgan fingerprint density at radius 3 is 2.45 bits per heavy atom. The highest BCUT2D eigenvalue weighted by molar-refractivity contribution is 5.87. The molecule has 0 fully saturated rings. The van der Waals surface area contributed by atoms with Gasteiger partial charge in [-0.3, -0.25) is 0 Å². The molecule has 0 unspecified atom stereocenters. The van der Waals surface area contributed by atoms with Gasteiger partial charge in [0, 0.05) is 26.1 Å². The predicted molar refractivity (Wildman–Crippen MR) is 129 cm³/mol. The number of halogens is 6. The molecule has 0 amide bonds. The van der Waals surface area contributed by atoms with E-state index in [0.29, 0.717) is 25.8 Å². The van der Waals surface area contributed by atoms with Crippen molar-refractivity contribution in [2.75, 3.05) is 32.6 Å². The molecule has 0 radical (unpaired) electrons. The van der Waals surface area contributed by atoms with Gasteiger partial charge in [0.05, 0.1) is 28.7 Å². The zero-order chi connectivity index (χ0) is 27.9. The van der Waals surface area contributed by atoms with E-state index in [-0.39, 0.29) is 34.2 Å². The number of nitrogens with two attached hydrogens (primary N) is 1. The van der Waals surface area contributed by atoms with E-state index in [4.69, 9.17) is 10.5 Å². The maximum atomic E-state index is 13.9. The highest BCUT2D eigenvalue weighted by Gasteiger charge is 2.35. The summed E-state index contributed by atoms with van der Waals surface area (Å²) in [6.07, 6.45) is -5.05. The fourth-order valence-electron chi connectivity index (χ4n) is 3.14. The summed E-state index contributed by atoms with van der Waals surface area (Å²) in [6, 6.07) is 3.44. The van der Waals surface area contributed by atoms with Crippen LogP contribution in [0.4, 0.5) is 37.8 Å². The van der Waals surface area contributed by atoms with Crippen molar-refractivity contribution in [2.24, 2.45) is 5.73 Å². The second-order valence-electron chi connectivity index (χ2n) is 7.69. The molecule has 0 aliphatic rings. The third-order valence-electron chi connectivity index (χ3n) is 5.03. The molecule has 4 N–H and O–H groups in total. The number of rotatable bonds is 10. The number of nitrogens with one attached hydrogen (secondary N) is 2. The van der Waals surface area contributed by atoms with Crippen LogP contribution in [0.25, 0.3) is 22.2 Å². The number of fused-ring (bicyclic) bond motifs is 1. The number of pyridine rings is 2. The topological polar surface area (TPSA) is 125 Å². The van der Waals surface area contributed by atoms with Crippen LogP contribution < -0.4 is 16.4 Å². The van der Waals surface area contributed by atoms with E-state index >= 15 is 0 Å². The van der Waals surface area contributed by atoms with E-state index in [1.165, 1.54) is 26.4 Å². The lowest BCUT2D eigenvalue weighted by molar-refractivity contribution is -0.137. The molecule has 3 heterocycles. The Kier molecular flexibility index (Phi) is 8.93. The molecule has 0 aromatic carbocycles. The Hall–Kier alpha value is -4.14. The Balaban J connectivity index is 1.94. The highest BCUT2D eigenvalue weighted by Crippen LogP contribution is 2.33. The van der Waals surface area contributed by atoms with Crippen molar-refractivity contribution in [2.45, 2.75) is 18.8 Å². The maximum Gasteiger partial charge on any atom is 0.418 e. The predicted octanol–water partition coefficient (Wildman–Crippen LogP) is 4.89. The van der Waals surface area contributed by atoms with Gasteiger partial charge < -0.3 is 26.4 Å². The van der Waals surface area contributed by atoms with E-state index in [0.717, 1.165) is 24.4 Å². The third-order valence-corrected chi connectivity index (χ3v) is 5.03. The molecule has 3 aromatic heterocycles. The van der Waals surface area contributed by atoms with Gasteiger partial charge in [0.1, 0.15) is 17.0 Å². The van der Waals surface area contributed by atoms with Gasteiger partial charge in [-0.15, -0.1) is 0 Å². The van der Waals surface area contributed by atoms with Gasteiger partial charge >= 0.3 is 12.4 Å². The van der Waals surface area contributed by atoms with Crippen LogP contribution in [0.1, 0.15) is 17.7 Å². The van der Waals surface area contributed by atoms with E-state index in [1.54, 1.807) is 0 Å². The molecule has 15 heteroatoms. The number of ether oxygens (including phenoxy) is 1. The van der Waals surface area contributed by atoms with E-state index < -0.39 is 29.2 Å². The fourth-order valence-corrected chi connectivity index (χ4v) is 3.14. The molecule has 0 atom stereocenters. The Morgan fingerprint density at radius 2 is 1.84 bits per heavy atom. The highest BCUT2D eigenvalue weighted by atomic mass is 19.4. The van der Waals surface area contributed by atoms with Crippen LogP contribution in [0.3, 0.4) is 0 Å². The lowest BCUT2D eigenvalue weighted by Crippen LogP contribution is -2.20. The molecule has 204 valence electrons. The molecule has 38 heavy (non-hydrogen) atoms. The first-order chi connectivity index (χ1) is 17.9. The molecule has 0 bridgehead atoms. The number of hydrogen-bond acceptors (Lipinski definition) is 8. The van der Waals surface area contributed by atoms with E-state index in [9.17, 15) is 26.3 Å². The summed E-state index contributed by atoms with van der Waals surface area (Å²) in [7, 11) is 2.84. The van der Waals surface area contributed by atoms with Crippen molar-refractivity contribution in [3.05, 3.63) is 70.8 Å². The Bertz CT molecular complexity index is 1310. The summed E-state index contributed by atoms with van der Waals surface area (Å²) in [5, 5.41) is 9.41. The molecule has 9 nitrogen and oxygen atoms in total. The van der Waals surface area contributed by atoms with Crippen molar-refractivity contribution in [1.82, 2.24) is 25.3 Å². The summed E-state index contributed by atoms with van der Waals surface area (Å²) in [5.41, 5.74) is 3.15. The monoisotopic (exact) mass is 541 g/mol. The SMILES string of the molecule is C[N-]/C(=C\C(=C(/N)c1cnc2c(Nc3ccc(C(F)(F)F)cn3)ccnc2n1)C(F)(F)F)NCCCOC. The number of methoxy groups -OCH3 is 1. The van der Waals surface area contributed by atoms with Crippen molar-refractivity contribution in [3.8, 4) is 0 Å². The smallest absolute Gasteiger partial charge is 0.418 e. The molecule has 3 aromatic rings. The van der Waals surface area contributed by atoms with Crippen molar-refractivity contribution < 1.29 is 31.1 Å². The summed E-state index contributed by atoms with van der Waals surface area (Å²) >= 11 is 0. The van der Waals surface area contributed by atoms with Crippen LogP contribution in [0, 0.1) is 0 Å². The summed E-state index contributed by atoms with van der Waals surface area (Å²) in [4.78, 5) is 16.0. The second kappa shape index (κ2) is 11.9. The van der Waals surface area contributed by atoms with Crippen LogP contribution in [-0.2, 0) is 10.9 Å². The maximum absolute atomic E-state index is 13.9. The Labute approximate surface area is 213 Å². The van der Waals surface area contributed by atoms with Crippen LogP contribution in [0.5, 0.6) is 0 Å². The van der Waals surface area contributed by atoms with Gasteiger partial charge in [0.2, 0.25) is 0 Å². The fraction of sp³-hybridized carbons (Fsp3) is 0.304. The van der Waals surface area contributed by atoms with E-state index in [2.05, 4.69) is 35.9 Å². The lowest BCUT2D eigenvalue weighted by Gasteiger charge is -2.22. The van der Waals surface area contributed by atoms with Crippen molar-refractivity contribution >= 4 is 28.4 Å². The molecular formula is C23H23F6N8O-. The quantitative estimate of drug-likeness (QED) is 0.188. The molecular weight excluding hydrogens is 518 g/mol. The normalized spacial score (nSPS) is 13.3. The molecule has 0 saturated heterocycles. The number of hydrogen-bond donors (Lipinski definition) is 3. The van der Waals surface area contributed by atoms with Gasteiger partial charge in [-0.1, -0.05) is 19.4 Å². The van der Waals surface area contributed by atoms with Crippen LogP contribution in [0.15, 0.2) is 54.3 Å². The zero-order valence-corrected chi connectivity index (χ0v) is 20.2. The van der Waals surface area contributed by atoms with Crippen LogP contribution in [-0.4, -0.2) is 53.4 Å². The summed E-state index contributed by atoms with van der Waals surface area (Å²) in [5.74, 6) is 0.0351. The molecule has 0 saturated carbocycles. The third kappa shape index (κ3) is 7.21. The first-order valence-corrected chi connectivity index (χ1v) is 11.0. The number of nitrogens with zero attached hydrogens (tertiary/aromatic N) is 5. The molecule has 0 spiro atoms. The minimum absolute atomic E-state index is 0.0428. The van der Waals surface area contributed by atoms with Gasteiger partial charge in [-0.25, -0.2) is 19.9 Å². The number of anilines is 2. The largest absolute Gasteiger partial charge is 0.481 e. The first kappa shape index (κ1) is 28.4. The van der Waals surface area contributed by atoms with Crippen molar-refractivity contribution in [3.63, 3.8) is 0 Å². The number of allylic oxidation sites excluding steroid dienone is 2. The van der Waals surface area contributed by atoms with Crippen LogP contribution in [0.2, 0.25) is 0 Å². The van der Waals surface area contributed by atoms with Crippen molar-refractivity contribution in [1.29, 1.82) is 0 Å². The van der Waals surface area contributed by atoms with Gasteiger partial charge in [0.25, 0.3) is 0 Å². The number of aromatic nitrogens is 4. The summed E-state index contributed by atoms with van der Waals surface area (Å²) < 4.78 is 84.9. The molecule has 3 rings (SSSR count). The minimum atomic E-state index is -4.84. The average Bonchev–Trinajstić information content (AvgIpc) is 2.87.